The van der Waals surface area contributed by atoms with Gasteiger partial charge in [-0.15, -0.1) is 0 Å². The van der Waals surface area contributed by atoms with E-state index in [1.54, 1.807) is 24.3 Å². The van der Waals surface area contributed by atoms with Crippen LogP contribution >= 0.6 is 0 Å². The Balaban J connectivity index is 1.98. The molecule has 0 unspecified atom stereocenters. The molecule has 8 heteroatoms. The number of methoxy groups -OCH3 is 1. The van der Waals surface area contributed by atoms with Crippen LogP contribution in [0.15, 0.2) is 47.5 Å². The monoisotopic (exact) mass is 395 g/mol. The Hall–Kier alpha value is -2.90. The zero-order valence-electron chi connectivity index (χ0n) is 15.8. The lowest BCUT2D eigenvalue weighted by Crippen LogP contribution is -2.38. The molecule has 0 spiro atoms. The number of halogens is 3. The smallest absolute Gasteiger partial charge is 0.387 e. The minimum absolute atomic E-state index is 0.0283. The van der Waals surface area contributed by atoms with Crippen molar-refractivity contribution in [3.63, 3.8) is 0 Å². The van der Waals surface area contributed by atoms with Crippen LogP contribution in [-0.4, -0.2) is 32.8 Å². The molecule has 0 aliphatic rings. The lowest BCUT2D eigenvalue weighted by Gasteiger charge is -2.13. The molecule has 0 atom stereocenters. The summed E-state index contributed by atoms with van der Waals surface area (Å²) in [5.74, 6) is 0.537. The molecule has 2 rings (SSSR count). The van der Waals surface area contributed by atoms with Crippen LogP contribution in [0, 0.1) is 5.82 Å². The van der Waals surface area contributed by atoms with Crippen LogP contribution in [0.25, 0.3) is 0 Å². The van der Waals surface area contributed by atoms with Crippen molar-refractivity contribution in [2.24, 2.45) is 4.99 Å². The molecule has 0 amide bonds. The fraction of sp³-hybridized carbons (Fsp3) is 0.350. The number of nitrogens with one attached hydrogen (secondary N) is 2. The Morgan fingerprint density at radius 1 is 1.04 bits per heavy atom. The maximum absolute atomic E-state index is 12.9. The lowest BCUT2D eigenvalue weighted by atomic mass is 10.1. The predicted molar refractivity (Wildman–Crippen MR) is 103 cm³/mol. The summed E-state index contributed by atoms with van der Waals surface area (Å²) in [5, 5.41) is 6.31. The van der Waals surface area contributed by atoms with Crippen molar-refractivity contribution in [2.45, 2.75) is 26.5 Å². The van der Waals surface area contributed by atoms with Gasteiger partial charge in [0, 0.05) is 13.1 Å². The van der Waals surface area contributed by atoms with Crippen LogP contribution in [0.2, 0.25) is 0 Å². The van der Waals surface area contributed by atoms with E-state index in [1.807, 2.05) is 6.92 Å². The van der Waals surface area contributed by atoms with Gasteiger partial charge in [0.15, 0.2) is 17.5 Å². The molecule has 2 aromatic carbocycles. The van der Waals surface area contributed by atoms with Gasteiger partial charge in [-0.1, -0.05) is 18.2 Å². The summed E-state index contributed by atoms with van der Waals surface area (Å²) in [6.07, 6.45) is 0.708. The van der Waals surface area contributed by atoms with Gasteiger partial charge in [-0.3, -0.25) is 0 Å². The molecular weight excluding hydrogens is 371 g/mol. The van der Waals surface area contributed by atoms with Gasteiger partial charge in [-0.2, -0.15) is 8.78 Å². The van der Waals surface area contributed by atoms with E-state index in [0.717, 1.165) is 5.56 Å². The Morgan fingerprint density at radius 2 is 1.75 bits per heavy atom. The highest BCUT2D eigenvalue weighted by Gasteiger charge is 2.11. The maximum Gasteiger partial charge on any atom is 0.387 e. The lowest BCUT2D eigenvalue weighted by molar-refractivity contribution is -0.0512. The van der Waals surface area contributed by atoms with Crippen molar-refractivity contribution < 1.29 is 22.6 Å². The summed E-state index contributed by atoms with van der Waals surface area (Å²) in [7, 11) is 1.39. The van der Waals surface area contributed by atoms with Gasteiger partial charge in [0.2, 0.25) is 0 Å². The molecule has 5 nitrogen and oxygen atoms in total. The largest absolute Gasteiger partial charge is 0.493 e. The zero-order valence-corrected chi connectivity index (χ0v) is 15.8. The van der Waals surface area contributed by atoms with Crippen LogP contribution in [0.4, 0.5) is 13.2 Å². The summed E-state index contributed by atoms with van der Waals surface area (Å²) >= 11 is 0. The van der Waals surface area contributed by atoms with Gasteiger partial charge >= 0.3 is 6.61 Å². The quantitative estimate of drug-likeness (QED) is 0.502. The summed E-state index contributed by atoms with van der Waals surface area (Å²) in [4.78, 5) is 4.46. The average Bonchev–Trinajstić information content (AvgIpc) is 2.67. The van der Waals surface area contributed by atoms with E-state index in [4.69, 9.17) is 4.74 Å². The number of hydrogen-bond donors (Lipinski definition) is 2. The van der Waals surface area contributed by atoms with E-state index in [1.165, 1.54) is 25.3 Å². The van der Waals surface area contributed by atoms with Crippen molar-refractivity contribution in [1.82, 2.24) is 10.6 Å². The molecule has 152 valence electrons. The third-order valence-electron chi connectivity index (χ3n) is 3.83. The van der Waals surface area contributed by atoms with Gasteiger partial charge in [-0.25, -0.2) is 9.38 Å². The van der Waals surface area contributed by atoms with E-state index in [0.29, 0.717) is 31.0 Å². The molecule has 0 heterocycles. The van der Waals surface area contributed by atoms with Crippen LogP contribution in [0.5, 0.6) is 11.5 Å². The summed E-state index contributed by atoms with van der Waals surface area (Å²) in [6.45, 7) is 0.567. The predicted octanol–water partition coefficient (Wildman–Crippen LogP) is 3.73. The molecule has 0 aliphatic heterocycles. The Bertz CT molecular complexity index is 768. The molecule has 0 bridgehead atoms. The van der Waals surface area contributed by atoms with Crippen LogP contribution in [0.1, 0.15) is 18.1 Å². The minimum Gasteiger partial charge on any atom is -0.493 e. The van der Waals surface area contributed by atoms with Crippen LogP contribution < -0.4 is 20.1 Å². The Labute approximate surface area is 162 Å². The van der Waals surface area contributed by atoms with E-state index in [9.17, 15) is 13.2 Å². The second-order valence-corrected chi connectivity index (χ2v) is 5.86. The Kier molecular flexibility index (Phi) is 8.45. The summed E-state index contributed by atoms with van der Waals surface area (Å²) < 4.78 is 47.5. The van der Waals surface area contributed by atoms with Crippen molar-refractivity contribution in [3.05, 3.63) is 59.4 Å². The van der Waals surface area contributed by atoms with Crippen molar-refractivity contribution >= 4 is 5.96 Å². The number of aliphatic imine (C=N–C) groups is 1. The van der Waals surface area contributed by atoms with Crippen molar-refractivity contribution in [2.75, 3.05) is 20.2 Å². The maximum atomic E-state index is 12.9. The first-order valence-corrected chi connectivity index (χ1v) is 8.90. The summed E-state index contributed by atoms with van der Waals surface area (Å²) in [5.41, 5.74) is 1.71. The number of alkyl halides is 2. The van der Waals surface area contributed by atoms with Gasteiger partial charge in [-0.05, 0) is 48.7 Å². The standard InChI is InChI=1S/C20H24F3N3O2/c1-3-24-20(25-11-10-14-4-7-16(21)8-5-14)26-13-15-6-9-17(27-2)18(12-15)28-19(22)23/h4-9,12,19H,3,10-11,13H2,1-2H3,(H2,24,25,26). The first-order chi connectivity index (χ1) is 13.5. The highest BCUT2D eigenvalue weighted by atomic mass is 19.3. The number of benzene rings is 2. The second kappa shape index (κ2) is 11.1. The van der Waals surface area contributed by atoms with Crippen LogP contribution in [-0.2, 0) is 13.0 Å². The van der Waals surface area contributed by atoms with E-state index >= 15 is 0 Å². The molecule has 2 N–H and O–H groups in total. The third-order valence-corrected chi connectivity index (χ3v) is 3.83. The number of guanidine groups is 1. The molecule has 0 radical (unpaired) electrons. The highest BCUT2D eigenvalue weighted by molar-refractivity contribution is 5.79. The number of ether oxygens (including phenoxy) is 2. The SMILES string of the molecule is CCNC(=NCc1ccc(OC)c(OC(F)F)c1)NCCc1ccc(F)cc1. The fourth-order valence-electron chi connectivity index (χ4n) is 2.50. The first kappa shape index (κ1) is 21.4. The van der Waals surface area contributed by atoms with Gasteiger partial charge in [0.1, 0.15) is 5.82 Å². The van der Waals surface area contributed by atoms with Gasteiger partial charge in [0.25, 0.3) is 0 Å². The molecule has 0 saturated heterocycles. The van der Waals surface area contributed by atoms with E-state index < -0.39 is 6.61 Å². The molecule has 0 aliphatic carbocycles. The molecule has 0 aromatic heterocycles. The normalized spacial score (nSPS) is 11.4. The molecule has 2 aromatic rings. The molecular formula is C20H24F3N3O2. The third kappa shape index (κ3) is 7.02. The number of nitrogens with zero attached hydrogens (tertiary/aromatic N) is 1. The van der Waals surface area contributed by atoms with Gasteiger partial charge in [0.05, 0.1) is 13.7 Å². The Morgan fingerprint density at radius 3 is 2.39 bits per heavy atom. The zero-order chi connectivity index (χ0) is 20.4. The topological polar surface area (TPSA) is 54.9 Å². The first-order valence-electron chi connectivity index (χ1n) is 8.90. The fourth-order valence-corrected chi connectivity index (χ4v) is 2.50. The molecule has 28 heavy (non-hydrogen) atoms. The number of rotatable bonds is 9. The van der Waals surface area contributed by atoms with Crippen molar-refractivity contribution in [1.29, 1.82) is 0 Å². The van der Waals surface area contributed by atoms with Crippen LogP contribution in [0.3, 0.4) is 0 Å². The minimum atomic E-state index is -2.93. The average molecular weight is 395 g/mol. The molecule has 0 fully saturated rings. The number of hydrogen-bond acceptors (Lipinski definition) is 3. The highest BCUT2D eigenvalue weighted by Crippen LogP contribution is 2.29. The van der Waals surface area contributed by atoms with E-state index in [-0.39, 0.29) is 23.9 Å². The van der Waals surface area contributed by atoms with E-state index in [2.05, 4.69) is 20.4 Å². The molecule has 0 saturated carbocycles. The van der Waals surface area contributed by atoms with Crippen molar-refractivity contribution in [3.8, 4) is 11.5 Å². The van der Waals surface area contributed by atoms with Gasteiger partial charge < -0.3 is 20.1 Å². The second-order valence-electron chi connectivity index (χ2n) is 5.86. The summed E-state index contributed by atoms with van der Waals surface area (Å²) in [6, 6.07) is 11.1.